The SMILES string of the molecule is NC(N)=Nc1cccc(CC(=O)NNC(=O)NCC(CC(=O)O)c2ccccc2)c1. The maximum atomic E-state index is 12.0. The summed E-state index contributed by atoms with van der Waals surface area (Å²) in [5, 5.41) is 11.7. The molecule has 1 unspecified atom stereocenters. The van der Waals surface area contributed by atoms with Gasteiger partial charge in [-0.15, -0.1) is 0 Å². The number of guanidine groups is 1. The molecule has 0 bridgehead atoms. The van der Waals surface area contributed by atoms with E-state index >= 15 is 0 Å². The summed E-state index contributed by atoms with van der Waals surface area (Å²) in [5.74, 6) is -1.91. The van der Waals surface area contributed by atoms with Gasteiger partial charge in [-0.1, -0.05) is 42.5 Å². The number of amides is 3. The number of carbonyl (C=O) groups is 3. The lowest BCUT2D eigenvalue weighted by Gasteiger charge is -2.16. The van der Waals surface area contributed by atoms with E-state index in [2.05, 4.69) is 21.2 Å². The Bertz CT molecular complexity index is 913. The van der Waals surface area contributed by atoms with Gasteiger partial charge in [-0.05, 0) is 23.3 Å². The molecule has 0 saturated heterocycles. The largest absolute Gasteiger partial charge is 0.481 e. The van der Waals surface area contributed by atoms with Crippen molar-refractivity contribution in [3.63, 3.8) is 0 Å². The quantitative estimate of drug-likeness (QED) is 0.212. The first-order valence-corrected chi connectivity index (χ1v) is 9.11. The maximum Gasteiger partial charge on any atom is 0.333 e. The van der Waals surface area contributed by atoms with Gasteiger partial charge in [0.25, 0.3) is 0 Å². The van der Waals surface area contributed by atoms with E-state index in [4.69, 9.17) is 16.6 Å². The van der Waals surface area contributed by atoms with Crippen LogP contribution < -0.4 is 27.6 Å². The van der Waals surface area contributed by atoms with Gasteiger partial charge in [-0.2, -0.15) is 0 Å². The molecule has 2 aromatic rings. The molecule has 2 aromatic carbocycles. The molecular weight excluding hydrogens is 388 g/mol. The fourth-order valence-electron chi connectivity index (χ4n) is 2.75. The van der Waals surface area contributed by atoms with Crippen molar-refractivity contribution in [1.29, 1.82) is 0 Å². The number of rotatable bonds is 8. The Labute approximate surface area is 173 Å². The summed E-state index contributed by atoms with van der Waals surface area (Å²) in [6.45, 7) is 0.0958. The molecule has 30 heavy (non-hydrogen) atoms. The molecule has 0 spiro atoms. The van der Waals surface area contributed by atoms with Gasteiger partial charge in [0.1, 0.15) is 0 Å². The number of nitrogens with one attached hydrogen (secondary N) is 3. The van der Waals surface area contributed by atoms with Crippen LogP contribution in [0.2, 0.25) is 0 Å². The first-order valence-electron chi connectivity index (χ1n) is 9.11. The first-order chi connectivity index (χ1) is 14.3. The molecule has 3 amide bonds. The standard InChI is InChI=1S/C20H24N6O4/c21-19(22)24-16-8-4-5-13(9-16)10-17(27)25-26-20(30)23-12-15(11-18(28)29)14-6-2-1-3-7-14/h1-9,15H,10-12H2,(H,25,27)(H,28,29)(H4,21,22,24)(H2,23,26,30). The van der Waals surface area contributed by atoms with Crippen LogP contribution in [0.5, 0.6) is 0 Å². The van der Waals surface area contributed by atoms with E-state index in [9.17, 15) is 14.4 Å². The molecule has 0 aliphatic heterocycles. The van der Waals surface area contributed by atoms with E-state index in [1.807, 2.05) is 6.07 Å². The molecule has 158 valence electrons. The molecular formula is C20H24N6O4. The van der Waals surface area contributed by atoms with Crippen molar-refractivity contribution in [2.24, 2.45) is 16.5 Å². The normalized spacial score (nSPS) is 11.1. The number of nitrogens with zero attached hydrogens (tertiary/aromatic N) is 1. The Hall–Kier alpha value is -4.08. The second-order valence-corrected chi connectivity index (χ2v) is 6.47. The fourth-order valence-corrected chi connectivity index (χ4v) is 2.75. The van der Waals surface area contributed by atoms with E-state index in [1.54, 1.807) is 48.5 Å². The number of urea groups is 1. The van der Waals surface area contributed by atoms with Gasteiger partial charge in [0.15, 0.2) is 5.96 Å². The summed E-state index contributed by atoms with van der Waals surface area (Å²) >= 11 is 0. The number of carboxylic acid groups (broad SMARTS) is 1. The molecule has 0 fully saturated rings. The second-order valence-electron chi connectivity index (χ2n) is 6.47. The number of hydrogen-bond acceptors (Lipinski definition) is 4. The summed E-state index contributed by atoms with van der Waals surface area (Å²) in [7, 11) is 0. The highest BCUT2D eigenvalue weighted by Crippen LogP contribution is 2.18. The Morgan fingerprint density at radius 3 is 2.40 bits per heavy atom. The summed E-state index contributed by atoms with van der Waals surface area (Å²) in [4.78, 5) is 39.0. The Balaban J connectivity index is 1.82. The lowest BCUT2D eigenvalue weighted by atomic mass is 9.96. The van der Waals surface area contributed by atoms with Crippen LogP contribution in [0.3, 0.4) is 0 Å². The van der Waals surface area contributed by atoms with E-state index in [0.29, 0.717) is 11.3 Å². The van der Waals surface area contributed by atoms with Gasteiger partial charge in [0, 0.05) is 12.5 Å². The minimum atomic E-state index is -0.970. The molecule has 2 rings (SSSR count). The van der Waals surface area contributed by atoms with E-state index in [0.717, 1.165) is 5.56 Å². The lowest BCUT2D eigenvalue weighted by molar-refractivity contribution is -0.137. The number of aliphatic carboxylic acids is 1. The molecule has 0 saturated carbocycles. The van der Waals surface area contributed by atoms with E-state index in [1.165, 1.54) is 0 Å². The number of carbonyl (C=O) groups excluding carboxylic acids is 2. The van der Waals surface area contributed by atoms with Crippen LogP contribution in [-0.4, -0.2) is 35.5 Å². The molecule has 10 nitrogen and oxygen atoms in total. The monoisotopic (exact) mass is 412 g/mol. The third kappa shape index (κ3) is 7.89. The van der Waals surface area contributed by atoms with Crippen molar-refractivity contribution in [3.05, 3.63) is 65.7 Å². The number of hydrazine groups is 1. The number of benzene rings is 2. The molecule has 0 radical (unpaired) electrons. The van der Waals surface area contributed by atoms with Crippen molar-refractivity contribution < 1.29 is 19.5 Å². The van der Waals surface area contributed by atoms with Crippen LogP contribution >= 0.6 is 0 Å². The third-order valence-electron chi connectivity index (χ3n) is 4.05. The zero-order chi connectivity index (χ0) is 21.9. The third-order valence-corrected chi connectivity index (χ3v) is 4.05. The molecule has 0 heterocycles. The smallest absolute Gasteiger partial charge is 0.333 e. The summed E-state index contributed by atoms with van der Waals surface area (Å²) in [6, 6.07) is 15.1. The van der Waals surface area contributed by atoms with Gasteiger partial charge in [0.05, 0.1) is 18.5 Å². The molecule has 0 aliphatic carbocycles. The predicted octanol–water partition coefficient (Wildman–Crippen LogP) is 0.723. The summed E-state index contributed by atoms with van der Waals surface area (Å²) in [5.41, 5.74) is 17.2. The highest BCUT2D eigenvalue weighted by atomic mass is 16.4. The van der Waals surface area contributed by atoms with Crippen molar-refractivity contribution >= 4 is 29.6 Å². The molecule has 8 N–H and O–H groups in total. The summed E-state index contributed by atoms with van der Waals surface area (Å²) < 4.78 is 0. The van der Waals surface area contributed by atoms with Gasteiger partial charge in [0.2, 0.25) is 5.91 Å². The first kappa shape index (κ1) is 22.2. The molecule has 0 aliphatic rings. The lowest BCUT2D eigenvalue weighted by Crippen LogP contribution is -2.48. The van der Waals surface area contributed by atoms with Crippen LogP contribution in [0.25, 0.3) is 0 Å². The van der Waals surface area contributed by atoms with Crippen molar-refractivity contribution in [3.8, 4) is 0 Å². The zero-order valence-corrected chi connectivity index (χ0v) is 16.2. The van der Waals surface area contributed by atoms with Crippen LogP contribution in [0.15, 0.2) is 59.6 Å². The average Bonchev–Trinajstić information content (AvgIpc) is 2.69. The Morgan fingerprint density at radius 2 is 1.73 bits per heavy atom. The minimum Gasteiger partial charge on any atom is -0.481 e. The number of hydrogen-bond donors (Lipinski definition) is 6. The van der Waals surface area contributed by atoms with E-state index < -0.39 is 23.8 Å². The number of nitrogens with two attached hydrogens (primary N) is 2. The van der Waals surface area contributed by atoms with Gasteiger partial charge < -0.3 is 21.9 Å². The van der Waals surface area contributed by atoms with Crippen molar-refractivity contribution in [2.75, 3.05) is 6.54 Å². The maximum absolute atomic E-state index is 12.0. The molecule has 0 aromatic heterocycles. The van der Waals surface area contributed by atoms with Gasteiger partial charge >= 0.3 is 12.0 Å². The van der Waals surface area contributed by atoms with Crippen molar-refractivity contribution in [1.82, 2.24) is 16.2 Å². The highest BCUT2D eigenvalue weighted by Gasteiger charge is 2.16. The summed E-state index contributed by atoms with van der Waals surface area (Å²) in [6.07, 6.45) is -0.136. The van der Waals surface area contributed by atoms with Crippen LogP contribution in [0, 0.1) is 0 Å². The zero-order valence-electron chi connectivity index (χ0n) is 16.2. The predicted molar refractivity (Wildman–Crippen MR) is 112 cm³/mol. The van der Waals surface area contributed by atoms with Crippen molar-refractivity contribution in [2.45, 2.75) is 18.8 Å². The van der Waals surface area contributed by atoms with Crippen LogP contribution in [0.4, 0.5) is 10.5 Å². The van der Waals surface area contributed by atoms with Crippen LogP contribution in [0.1, 0.15) is 23.5 Å². The van der Waals surface area contributed by atoms with Crippen LogP contribution in [-0.2, 0) is 16.0 Å². The highest BCUT2D eigenvalue weighted by molar-refractivity contribution is 5.83. The second kappa shape index (κ2) is 11.1. The molecule has 1 atom stereocenters. The Kier molecular flexibility index (Phi) is 8.18. The number of aliphatic imine (C=N–C) groups is 1. The van der Waals surface area contributed by atoms with Gasteiger partial charge in [-0.3, -0.25) is 15.0 Å². The topological polar surface area (TPSA) is 172 Å². The average molecular weight is 412 g/mol. The van der Waals surface area contributed by atoms with Gasteiger partial charge in [-0.25, -0.2) is 15.2 Å². The fraction of sp³-hybridized carbons (Fsp3) is 0.200. The Morgan fingerprint density at radius 1 is 1.00 bits per heavy atom. The number of carboxylic acids is 1. The molecule has 10 heteroatoms. The minimum absolute atomic E-state index is 0.000227. The van der Waals surface area contributed by atoms with E-state index in [-0.39, 0.29) is 25.3 Å².